The van der Waals surface area contributed by atoms with E-state index in [1.807, 2.05) is 31.2 Å². The summed E-state index contributed by atoms with van der Waals surface area (Å²) in [6, 6.07) is 16.7. The summed E-state index contributed by atoms with van der Waals surface area (Å²) in [5.41, 5.74) is 3.39. The molecule has 1 atom stereocenters. The molecule has 0 spiro atoms. The van der Waals surface area contributed by atoms with E-state index < -0.39 is 0 Å². The van der Waals surface area contributed by atoms with Crippen LogP contribution >= 0.6 is 11.6 Å². The van der Waals surface area contributed by atoms with Crippen LogP contribution in [0, 0.1) is 6.92 Å². The fraction of sp³-hybridized carbons (Fsp3) is 0.409. The molecular weight excluding hydrogens is 344 g/mol. The average molecular weight is 371 g/mol. The highest BCUT2D eigenvalue weighted by atomic mass is 35.5. The molecule has 1 unspecified atom stereocenters. The molecule has 4 heteroatoms. The molecule has 1 aliphatic heterocycles. The van der Waals surface area contributed by atoms with Gasteiger partial charge < -0.3 is 4.90 Å². The van der Waals surface area contributed by atoms with Crippen LogP contribution in [0.1, 0.15) is 30.0 Å². The van der Waals surface area contributed by atoms with Crippen molar-refractivity contribution in [1.82, 2.24) is 9.80 Å². The first-order valence-electron chi connectivity index (χ1n) is 9.37. The number of amides is 1. The van der Waals surface area contributed by atoms with Gasteiger partial charge in [-0.3, -0.25) is 9.69 Å². The predicted octanol–water partition coefficient (Wildman–Crippen LogP) is 4.31. The summed E-state index contributed by atoms with van der Waals surface area (Å²) in [4.78, 5) is 17.4. The number of nitrogens with zero attached hydrogens (tertiary/aromatic N) is 2. The zero-order valence-corrected chi connectivity index (χ0v) is 16.4. The van der Waals surface area contributed by atoms with Crippen molar-refractivity contribution in [2.45, 2.75) is 39.3 Å². The largest absolute Gasteiger partial charge is 0.338 e. The standard InChI is InChI=1S/C22H27ClN2O/c1-3-25(22(26)14-19-9-10-21(23)17(2)13-19)20-11-12-24(16-20)15-18-7-5-4-6-8-18/h4-10,13,20H,3,11-12,14-16H2,1-2H3. The molecule has 1 aliphatic rings. The van der Waals surface area contributed by atoms with Gasteiger partial charge in [0.05, 0.1) is 6.42 Å². The van der Waals surface area contributed by atoms with E-state index in [1.165, 1.54) is 5.56 Å². The number of carbonyl (C=O) groups is 1. The van der Waals surface area contributed by atoms with Crippen molar-refractivity contribution in [2.75, 3.05) is 19.6 Å². The van der Waals surface area contributed by atoms with E-state index in [4.69, 9.17) is 11.6 Å². The lowest BCUT2D eigenvalue weighted by Crippen LogP contribution is -2.42. The SMILES string of the molecule is CCN(C(=O)Cc1ccc(Cl)c(C)c1)C1CCN(Cc2ccccc2)C1. The predicted molar refractivity (Wildman–Crippen MR) is 107 cm³/mol. The zero-order chi connectivity index (χ0) is 18.5. The third-order valence-electron chi connectivity index (χ3n) is 5.18. The molecule has 0 aromatic heterocycles. The fourth-order valence-electron chi connectivity index (χ4n) is 3.78. The average Bonchev–Trinajstić information content (AvgIpc) is 3.08. The molecule has 3 nitrogen and oxygen atoms in total. The lowest BCUT2D eigenvalue weighted by Gasteiger charge is -2.28. The summed E-state index contributed by atoms with van der Waals surface area (Å²) in [6.45, 7) is 7.77. The van der Waals surface area contributed by atoms with Crippen molar-refractivity contribution >= 4 is 17.5 Å². The quantitative estimate of drug-likeness (QED) is 0.756. The number of hydrogen-bond donors (Lipinski definition) is 0. The number of likely N-dealkylation sites (tertiary alicyclic amines) is 1. The van der Waals surface area contributed by atoms with Gasteiger partial charge in [0.1, 0.15) is 0 Å². The molecule has 2 aromatic carbocycles. The minimum atomic E-state index is 0.209. The van der Waals surface area contributed by atoms with Crippen LogP contribution in [0.25, 0.3) is 0 Å². The molecule has 0 radical (unpaired) electrons. The number of carbonyl (C=O) groups excluding carboxylic acids is 1. The Labute approximate surface area is 161 Å². The number of likely N-dealkylation sites (N-methyl/N-ethyl adjacent to an activating group) is 1. The Kier molecular flexibility index (Phi) is 6.33. The second-order valence-corrected chi connectivity index (χ2v) is 7.51. The normalized spacial score (nSPS) is 17.4. The molecular formula is C22H27ClN2O. The van der Waals surface area contributed by atoms with Crippen molar-refractivity contribution < 1.29 is 4.79 Å². The van der Waals surface area contributed by atoms with Crippen molar-refractivity contribution in [3.63, 3.8) is 0 Å². The number of halogens is 1. The minimum Gasteiger partial charge on any atom is -0.338 e. The molecule has 0 N–H and O–H groups in total. The zero-order valence-electron chi connectivity index (χ0n) is 15.6. The van der Waals surface area contributed by atoms with Gasteiger partial charge in [0.25, 0.3) is 0 Å². The summed E-state index contributed by atoms with van der Waals surface area (Å²) in [7, 11) is 0. The monoisotopic (exact) mass is 370 g/mol. The van der Waals surface area contributed by atoms with Crippen LogP contribution in [-0.2, 0) is 17.8 Å². The van der Waals surface area contributed by atoms with Crippen LogP contribution in [0.15, 0.2) is 48.5 Å². The first kappa shape index (κ1) is 18.9. The molecule has 138 valence electrons. The van der Waals surface area contributed by atoms with Gasteiger partial charge in [-0.2, -0.15) is 0 Å². The van der Waals surface area contributed by atoms with E-state index in [0.29, 0.717) is 12.5 Å². The second kappa shape index (κ2) is 8.70. The molecule has 3 rings (SSSR count). The highest BCUT2D eigenvalue weighted by Gasteiger charge is 2.29. The highest BCUT2D eigenvalue weighted by Crippen LogP contribution is 2.21. The van der Waals surface area contributed by atoms with Gasteiger partial charge in [-0.15, -0.1) is 0 Å². The van der Waals surface area contributed by atoms with Gasteiger partial charge in [0.15, 0.2) is 0 Å². The van der Waals surface area contributed by atoms with Crippen LogP contribution in [0.5, 0.6) is 0 Å². The van der Waals surface area contributed by atoms with Crippen LogP contribution in [0.3, 0.4) is 0 Å². The summed E-state index contributed by atoms with van der Waals surface area (Å²) >= 11 is 6.09. The van der Waals surface area contributed by atoms with E-state index in [1.54, 1.807) is 0 Å². The molecule has 0 aliphatic carbocycles. The van der Waals surface area contributed by atoms with Gasteiger partial charge in [-0.1, -0.05) is 54.1 Å². The lowest BCUT2D eigenvalue weighted by molar-refractivity contribution is -0.132. The van der Waals surface area contributed by atoms with Gasteiger partial charge in [0.2, 0.25) is 5.91 Å². The number of aryl methyl sites for hydroxylation is 1. The number of hydrogen-bond acceptors (Lipinski definition) is 2. The van der Waals surface area contributed by atoms with E-state index in [2.05, 4.69) is 41.0 Å². The molecule has 0 bridgehead atoms. The molecule has 2 aromatic rings. The van der Waals surface area contributed by atoms with E-state index in [0.717, 1.165) is 48.7 Å². The smallest absolute Gasteiger partial charge is 0.227 e. The van der Waals surface area contributed by atoms with Crippen LogP contribution < -0.4 is 0 Å². The van der Waals surface area contributed by atoms with Crippen LogP contribution in [-0.4, -0.2) is 41.4 Å². The van der Waals surface area contributed by atoms with Gasteiger partial charge in [-0.25, -0.2) is 0 Å². The summed E-state index contributed by atoms with van der Waals surface area (Å²) in [5.74, 6) is 0.209. The Morgan fingerprint density at radius 1 is 1.19 bits per heavy atom. The third-order valence-corrected chi connectivity index (χ3v) is 5.60. The Balaban J connectivity index is 1.59. The van der Waals surface area contributed by atoms with Crippen LogP contribution in [0.4, 0.5) is 0 Å². The minimum absolute atomic E-state index is 0.209. The Morgan fingerprint density at radius 2 is 1.96 bits per heavy atom. The Hall–Kier alpha value is -1.84. The molecule has 1 fully saturated rings. The maximum Gasteiger partial charge on any atom is 0.227 e. The molecule has 1 heterocycles. The maximum atomic E-state index is 12.9. The van der Waals surface area contributed by atoms with Gasteiger partial charge >= 0.3 is 0 Å². The van der Waals surface area contributed by atoms with Crippen molar-refractivity contribution in [2.24, 2.45) is 0 Å². The van der Waals surface area contributed by atoms with Crippen molar-refractivity contribution in [3.05, 3.63) is 70.2 Å². The summed E-state index contributed by atoms with van der Waals surface area (Å²) < 4.78 is 0. The van der Waals surface area contributed by atoms with E-state index >= 15 is 0 Å². The summed E-state index contributed by atoms with van der Waals surface area (Å²) in [5, 5.41) is 0.751. The lowest BCUT2D eigenvalue weighted by atomic mass is 10.1. The first-order valence-corrected chi connectivity index (χ1v) is 9.75. The molecule has 0 saturated carbocycles. The Bertz CT molecular complexity index is 747. The first-order chi connectivity index (χ1) is 12.6. The van der Waals surface area contributed by atoms with Crippen molar-refractivity contribution in [1.29, 1.82) is 0 Å². The van der Waals surface area contributed by atoms with Crippen LogP contribution in [0.2, 0.25) is 5.02 Å². The molecule has 1 amide bonds. The highest BCUT2D eigenvalue weighted by molar-refractivity contribution is 6.31. The Morgan fingerprint density at radius 3 is 2.65 bits per heavy atom. The maximum absolute atomic E-state index is 12.9. The molecule has 26 heavy (non-hydrogen) atoms. The van der Waals surface area contributed by atoms with E-state index in [-0.39, 0.29) is 5.91 Å². The molecule has 1 saturated heterocycles. The fourth-order valence-corrected chi connectivity index (χ4v) is 3.90. The second-order valence-electron chi connectivity index (χ2n) is 7.10. The number of rotatable bonds is 6. The van der Waals surface area contributed by atoms with Crippen molar-refractivity contribution in [3.8, 4) is 0 Å². The summed E-state index contributed by atoms with van der Waals surface area (Å²) in [6.07, 6.45) is 1.49. The third kappa shape index (κ3) is 4.66. The van der Waals surface area contributed by atoms with E-state index in [9.17, 15) is 4.79 Å². The van der Waals surface area contributed by atoms with Gasteiger partial charge in [-0.05, 0) is 43.0 Å². The van der Waals surface area contributed by atoms with Gasteiger partial charge in [0, 0.05) is 37.2 Å². The topological polar surface area (TPSA) is 23.6 Å². The number of benzene rings is 2.